The maximum Gasteiger partial charge on any atom is 0.141 e. The molecule has 1 heterocycles. The summed E-state index contributed by atoms with van der Waals surface area (Å²) in [5.74, 6) is -0.396. The van der Waals surface area contributed by atoms with Gasteiger partial charge in [0, 0.05) is 4.88 Å². The topological polar surface area (TPSA) is 24.9 Å². The van der Waals surface area contributed by atoms with E-state index in [4.69, 9.17) is 11.6 Å². The zero-order valence-corrected chi connectivity index (χ0v) is 12.7. The molecule has 2 aromatic rings. The molecule has 0 saturated heterocycles. The molecule has 1 aromatic carbocycles. The van der Waals surface area contributed by atoms with Crippen molar-refractivity contribution in [2.45, 2.75) is 26.8 Å². The average molecular weight is 299 g/mol. The SMILES string of the molecule is CCNC(c1ccc(F)c(Cl)c1)c1nc(C)c(C)s1. The lowest BCUT2D eigenvalue weighted by atomic mass is 10.1. The van der Waals surface area contributed by atoms with Gasteiger partial charge in [0.25, 0.3) is 0 Å². The number of thiazole rings is 1. The fourth-order valence-corrected chi connectivity index (χ4v) is 3.08. The van der Waals surface area contributed by atoms with Crippen LogP contribution in [-0.4, -0.2) is 11.5 Å². The highest BCUT2D eigenvalue weighted by atomic mass is 35.5. The van der Waals surface area contributed by atoms with Crippen LogP contribution >= 0.6 is 22.9 Å². The van der Waals surface area contributed by atoms with Gasteiger partial charge in [0.15, 0.2) is 0 Å². The van der Waals surface area contributed by atoms with Gasteiger partial charge in [0.2, 0.25) is 0 Å². The fraction of sp³-hybridized carbons (Fsp3) is 0.357. The van der Waals surface area contributed by atoms with E-state index >= 15 is 0 Å². The Morgan fingerprint density at radius 1 is 1.42 bits per heavy atom. The number of aryl methyl sites for hydroxylation is 2. The van der Waals surface area contributed by atoms with Crippen molar-refractivity contribution >= 4 is 22.9 Å². The van der Waals surface area contributed by atoms with Crippen LogP contribution in [0.2, 0.25) is 5.02 Å². The molecule has 0 amide bonds. The van der Waals surface area contributed by atoms with E-state index in [0.29, 0.717) is 0 Å². The largest absolute Gasteiger partial charge is 0.305 e. The molecule has 102 valence electrons. The highest BCUT2D eigenvalue weighted by Gasteiger charge is 2.18. The van der Waals surface area contributed by atoms with Gasteiger partial charge in [-0.3, -0.25) is 0 Å². The number of halogens is 2. The van der Waals surface area contributed by atoms with Crippen molar-refractivity contribution in [2.24, 2.45) is 0 Å². The van der Waals surface area contributed by atoms with E-state index in [1.54, 1.807) is 23.5 Å². The standard InChI is InChI=1S/C14H16ClFN2S/c1-4-17-13(14-18-8(2)9(3)19-14)10-5-6-12(16)11(15)7-10/h5-7,13,17H,4H2,1-3H3. The summed E-state index contributed by atoms with van der Waals surface area (Å²) in [5, 5.41) is 4.50. The third kappa shape index (κ3) is 3.14. The van der Waals surface area contributed by atoms with E-state index in [2.05, 4.69) is 17.2 Å². The van der Waals surface area contributed by atoms with Gasteiger partial charge in [0.1, 0.15) is 10.8 Å². The Kier molecular flexibility index (Phi) is 4.55. The predicted octanol–water partition coefficient (Wildman–Crippen LogP) is 4.25. The van der Waals surface area contributed by atoms with E-state index in [0.717, 1.165) is 22.8 Å². The molecule has 0 aliphatic rings. The Morgan fingerprint density at radius 3 is 2.68 bits per heavy atom. The Balaban J connectivity index is 2.41. The summed E-state index contributed by atoms with van der Waals surface area (Å²) >= 11 is 7.52. The number of rotatable bonds is 4. The first-order valence-corrected chi connectivity index (χ1v) is 7.34. The maximum atomic E-state index is 13.3. The summed E-state index contributed by atoms with van der Waals surface area (Å²) in [5.41, 5.74) is 1.97. The number of benzene rings is 1. The van der Waals surface area contributed by atoms with Crippen molar-refractivity contribution in [2.75, 3.05) is 6.54 Å². The molecule has 5 heteroatoms. The zero-order chi connectivity index (χ0) is 14.0. The van der Waals surface area contributed by atoms with Crippen LogP contribution in [0.4, 0.5) is 4.39 Å². The quantitative estimate of drug-likeness (QED) is 0.912. The highest BCUT2D eigenvalue weighted by Crippen LogP contribution is 2.29. The third-order valence-corrected chi connectivity index (χ3v) is 4.40. The maximum absolute atomic E-state index is 13.3. The summed E-state index contributed by atoms with van der Waals surface area (Å²) in [6, 6.07) is 4.77. The molecule has 2 rings (SSSR count). The van der Waals surface area contributed by atoms with Crippen LogP contribution < -0.4 is 5.32 Å². The first-order valence-electron chi connectivity index (χ1n) is 6.15. The Bertz CT molecular complexity index is 563. The Hall–Kier alpha value is -0.970. The summed E-state index contributed by atoms with van der Waals surface area (Å²) in [6.45, 7) is 6.88. The molecule has 1 unspecified atom stereocenters. The van der Waals surface area contributed by atoms with Gasteiger partial charge in [-0.05, 0) is 38.1 Å². The normalized spacial score (nSPS) is 12.7. The molecule has 1 aromatic heterocycles. The molecule has 0 aliphatic heterocycles. The van der Waals surface area contributed by atoms with Gasteiger partial charge in [-0.2, -0.15) is 0 Å². The van der Waals surface area contributed by atoms with Crippen molar-refractivity contribution in [1.29, 1.82) is 0 Å². The van der Waals surface area contributed by atoms with Gasteiger partial charge in [-0.25, -0.2) is 9.37 Å². The van der Waals surface area contributed by atoms with Gasteiger partial charge >= 0.3 is 0 Å². The summed E-state index contributed by atoms with van der Waals surface area (Å²) < 4.78 is 13.3. The van der Waals surface area contributed by atoms with Crippen LogP contribution in [0.5, 0.6) is 0 Å². The molecule has 0 bridgehead atoms. The molecule has 0 saturated carbocycles. The number of aromatic nitrogens is 1. The summed E-state index contributed by atoms with van der Waals surface area (Å²) in [6.07, 6.45) is 0. The second-order valence-corrected chi connectivity index (χ2v) is 6.00. The summed E-state index contributed by atoms with van der Waals surface area (Å²) in [4.78, 5) is 5.78. The van der Waals surface area contributed by atoms with E-state index in [9.17, 15) is 4.39 Å². The van der Waals surface area contributed by atoms with Crippen molar-refractivity contribution in [3.63, 3.8) is 0 Å². The predicted molar refractivity (Wildman–Crippen MR) is 78.5 cm³/mol. The van der Waals surface area contributed by atoms with Crippen molar-refractivity contribution in [3.05, 3.63) is 50.2 Å². The molecule has 0 aliphatic carbocycles. The van der Waals surface area contributed by atoms with Crippen molar-refractivity contribution < 1.29 is 4.39 Å². The van der Waals surface area contributed by atoms with E-state index in [-0.39, 0.29) is 11.1 Å². The first kappa shape index (κ1) is 14.4. The number of hydrogen-bond donors (Lipinski definition) is 1. The van der Waals surface area contributed by atoms with Crippen LogP contribution in [0.25, 0.3) is 0 Å². The van der Waals surface area contributed by atoms with Crippen LogP contribution in [0, 0.1) is 19.7 Å². The second kappa shape index (κ2) is 5.99. The van der Waals surface area contributed by atoms with E-state index < -0.39 is 5.82 Å². The molecular formula is C14H16ClFN2S. The molecular weight excluding hydrogens is 283 g/mol. The van der Waals surface area contributed by atoms with Crippen LogP contribution in [0.1, 0.15) is 34.1 Å². The molecule has 0 spiro atoms. The molecule has 1 N–H and O–H groups in total. The average Bonchev–Trinajstić information content (AvgIpc) is 2.70. The first-order chi connectivity index (χ1) is 9.02. The van der Waals surface area contributed by atoms with E-state index in [1.165, 1.54) is 10.9 Å². The van der Waals surface area contributed by atoms with Gasteiger partial charge in [-0.15, -0.1) is 11.3 Å². The van der Waals surface area contributed by atoms with Crippen LogP contribution in [0.15, 0.2) is 18.2 Å². The minimum atomic E-state index is -0.396. The number of nitrogens with zero attached hydrogens (tertiary/aromatic N) is 1. The minimum Gasteiger partial charge on any atom is -0.305 e. The highest BCUT2D eigenvalue weighted by molar-refractivity contribution is 7.11. The monoisotopic (exact) mass is 298 g/mol. The number of nitrogens with one attached hydrogen (secondary N) is 1. The molecule has 0 radical (unpaired) electrons. The smallest absolute Gasteiger partial charge is 0.141 e. The zero-order valence-electron chi connectivity index (χ0n) is 11.1. The Labute approximate surface area is 121 Å². The number of hydrogen-bond acceptors (Lipinski definition) is 3. The third-order valence-electron chi connectivity index (χ3n) is 2.98. The van der Waals surface area contributed by atoms with Crippen LogP contribution in [0.3, 0.4) is 0 Å². The molecule has 0 fully saturated rings. The van der Waals surface area contributed by atoms with E-state index in [1.807, 2.05) is 13.8 Å². The minimum absolute atomic E-state index is 0.0412. The van der Waals surface area contributed by atoms with Crippen LogP contribution in [-0.2, 0) is 0 Å². The summed E-state index contributed by atoms with van der Waals surface area (Å²) in [7, 11) is 0. The molecule has 2 nitrogen and oxygen atoms in total. The lowest BCUT2D eigenvalue weighted by Crippen LogP contribution is -2.22. The second-order valence-electron chi connectivity index (χ2n) is 4.36. The van der Waals surface area contributed by atoms with Gasteiger partial charge in [-0.1, -0.05) is 24.6 Å². The van der Waals surface area contributed by atoms with Gasteiger partial charge < -0.3 is 5.32 Å². The Morgan fingerprint density at radius 2 is 2.16 bits per heavy atom. The lowest BCUT2D eigenvalue weighted by Gasteiger charge is -2.16. The molecule has 19 heavy (non-hydrogen) atoms. The van der Waals surface area contributed by atoms with Crippen molar-refractivity contribution in [3.8, 4) is 0 Å². The van der Waals surface area contributed by atoms with Gasteiger partial charge in [0.05, 0.1) is 16.8 Å². The molecule has 1 atom stereocenters. The lowest BCUT2D eigenvalue weighted by molar-refractivity contribution is 0.612. The fourth-order valence-electron chi connectivity index (χ4n) is 1.86. The van der Waals surface area contributed by atoms with Crippen molar-refractivity contribution in [1.82, 2.24) is 10.3 Å².